The van der Waals surface area contributed by atoms with E-state index in [0.29, 0.717) is 12.5 Å². The van der Waals surface area contributed by atoms with Gasteiger partial charge in [-0.05, 0) is 67.6 Å². The maximum Gasteiger partial charge on any atom is 0.193 e. The lowest BCUT2D eigenvalue weighted by Gasteiger charge is -2.08. The van der Waals surface area contributed by atoms with Crippen LogP contribution in [0.3, 0.4) is 0 Å². The number of aliphatic imine (C=N–C) groups is 1. The zero-order valence-electron chi connectivity index (χ0n) is 14.5. The molecule has 24 heavy (non-hydrogen) atoms. The van der Waals surface area contributed by atoms with Gasteiger partial charge in [-0.25, -0.2) is 0 Å². The number of rotatable bonds is 4. The lowest BCUT2D eigenvalue weighted by atomic mass is 10.1. The van der Waals surface area contributed by atoms with E-state index in [2.05, 4.69) is 72.6 Å². The third kappa shape index (κ3) is 3.59. The van der Waals surface area contributed by atoms with Crippen LogP contribution in [0.25, 0.3) is 10.9 Å². The van der Waals surface area contributed by atoms with Crippen LogP contribution >= 0.6 is 0 Å². The molecule has 124 valence electrons. The average Bonchev–Trinajstić information content (AvgIpc) is 2.93. The number of anilines is 1. The highest BCUT2D eigenvalue weighted by Crippen LogP contribution is 2.20. The van der Waals surface area contributed by atoms with E-state index in [4.69, 9.17) is 5.73 Å². The smallest absolute Gasteiger partial charge is 0.193 e. The van der Waals surface area contributed by atoms with Crippen molar-refractivity contribution in [3.05, 3.63) is 64.8 Å². The Kier molecular flexibility index (Phi) is 4.56. The maximum atomic E-state index is 6.00. The van der Waals surface area contributed by atoms with E-state index < -0.39 is 0 Å². The van der Waals surface area contributed by atoms with Crippen molar-refractivity contribution >= 4 is 22.5 Å². The van der Waals surface area contributed by atoms with Crippen LogP contribution in [0.15, 0.2) is 47.6 Å². The predicted octanol–water partition coefficient (Wildman–Crippen LogP) is 4.06. The van der Waals surface area contributed by atoms with Gasteiger partial charge in [-0.15, -0.1) is 0 Å². The number of hydrogen-bond acceptors (Lipinski definition) is 1. The van der Waals surface area contributed by atoms with Crippen LogP contribution in [0.5, 0.6) is 0 Å². The molecule has 1 heterocycles. The molecule has 0 fully saturated rings. The molecule has 0 amide bonds. The second-order valence-corrected chi connectivity index (χ2v) is 6.30. The van der Waals surface area contributed by atoms with Gasteiger partial charge in [-0.1, -0.05) is 18.2 Å². The Morgan fingerprint density at radius 3 is 2.71 bits per heavy atom. The highest BCUT2D eigenvalue weighted by molar-refractivity contribution is 5.92. The van der Waals surface area contributed by atoms with Gasteiger partial charge in [-0.2, -0.15) is 0 Å². The Morgan fingerprint density at radius 1 is 1.08 bits per heavy atom. The molecule has 3 aromatic rings. The molecule has 0 saturated heterocycles. The van der Waals surface area contributed by atoms with Crippen molar-refractivity contribution in [1.29, 1.82) is 0 Å². The van der Waals surface area contributed by atoms with Gasteiger partial charge in [-0.3, -0.25) is 4.99 Å². The van der Waals surface area contributed by atoms with Crippen LogP contribution in [0, 0.1) is 20.8 Å². The number of aromatic amines is 1. The lowest BCUT2D eigenvalue weighted by molar-refractivity contribution is 0.972. The van der Waals surface area contributed by atoms with Gasteiger partial charge < -0.3 is 16.0 Å². The molecule has 0 aliphatic heterocycles. The molecule has 0 bridgehead atoms. The number of fused-ring (bicyclic) bond motifs is 1. The summed E-state index contributed by atoms with van der Waals surface area (Å²) in [6.07, 6.45) is 2.92. The highest BCUT2D eigenvalue weighted by Gasteiger charge is 2.03. The van der Waals surface area contributed by atoms with Crippen molar-refractivity contribution in [2.45, 2.75) is 27.2 Å². The summed E-state index contributed by atoms with van der Waals surface area (Å²) in [5, 5.41) is 4.42. The van der Waals surface area contributed by atoms with Crippen LogP contribution in [-0.2, 0) is 6.42 Å². The summed E-state index contributed by atoms with van der Waals surface area (Å²) >= 11 is 0. The summed E-state index contributed by atoms with van der Waals surface area (Å²) in [7, 11) is 0. The molecule has 4 heteroatoms. The molecule has 0 aliphatic carbocycles. The third-order valence-corrected chi connectivity index (χ3v) is 4.37. The monoisotopic (exact) mass is 320 g/mol. The van der Waals surface area contributed by atoms with Crippen LogP contribution in [0.2, 0.25) is 0 Å². The van der Waals surface area contributed by atoms with Gasteiger partial charge in [0.25, 0.3) is 0 Å². The van der Waals surface area contributed by atoms with Gasteiger partial charge in [0, 0.05) is 29.3 Å². The zero-order chi connectivity index (χ0) is 17.1. The van der Waals surface area contributed by atoms with Crippen LogP contribution in [-0.4, -0.2) is 17.5 Å². The van der Waals surface area contributed by atoms with Gasteiger partial charge in [0.2, 0.25) is 0 Å². The molecule has 0 radical (unpaired) electrons. The fourth-order valence-electron chi connectivity index (χ4n) is 2.81. The van der Waals surface area contributed by atoms with Crippen LogP contribution in [0.4, 0.5) is 5.69 Å². The minimum Gasteiger partial charge on any atom is -0.370 e. The third-order valence-electron chi connectivity index (χ3n) is 4.37. The summed E-state index contributed by atoms with van der Waals surface area (Å²) in [4.78, 5) is 7.76. The number of aromatic nitrogens is 1. The summed E-state index contributed by atoms with van der Waals surface area (Å²) in [5.41, 5.74) is 13.2. The topological polar surface area (TPSA) is 66.2 Å². The standard InChI is InChI=1S/C20H24N4/c1-13-4-7-18-16(12-23-19(18)10-13)8-9-22-20(21)24-17-6-5-14(2)15(3)11-17/h4-7,10-12,23H,8-9H2,1-3H3,(H3,21,22,24). The minimum atomic E-state index is 0.453. The van der Waals surface area contributed by atoms with E-state index in [9.17, 15) is 0 Å². The van der Waals surface area contributed by atoms with Crippen LogP contribution in [0.1, 0.15) is 22.3 Å². The van der Waals surface area contributed by atoms with E-state index >= 15 is 0 Å². The van der Waals surface area contributed by atoms with E-state index in [-0.39, 0.29) is 0 Å². The first-order chi connectivity index (χ1) is 11.5. The molecule has 4 N–H and O–H groups in total. The number of guanidine groups is 1. The lowest BCUT2D eigenvalue weighted by Crippen LogP contribution is -2.23. The second kappa shape index (κ2) is 6.79. The SMILES string of the molecule is Cc1ccc2c(CCN=C(N)Nc3ccc(C)c(C)c3)c[nH]c2c1. The van der Waals surface area contributed by atoms with E-state index in [1.807, 2.05) is 6.07 Å². The Hall–Kier alpha value is -2.75. The van der Waals surface area contributed by atoms with Crippen molar-refractivity contribution in [2.75, 3.05) is 11.9 Å². The maximum absolute atomic E-state index is 6.00. The molecular formula is C20H24N4. The molecule has 0 aliphatic rings. The van der Waals surface area contributed by atoms with E-state index in [0.717, 1.165) is 12.1 Å². The van der Waals surface area contributed by atoms with Crippen molar-refractivity contribution < 1.29 is 0 Å². The molecule has 0 unspecified atom stereocenters. The van der Waals surface area contributed by atoms with Crippen LogP contribution < -0.4 is 11.1 Å². The molecule has 2 aromatic carbocycles. The Balaban J connectivity index is 1.63. The number of nitrogens with one attached hydrogen (secondary N) is 2. The number of H-pyrrole nitrogens is 1. The molecule has 1 aromatic heterocycles. The summed E-state index contributed by atoms with van der Waals surface area (Å²) in [5.74, 6) is 0.453. The summed E-state index contributed by atoms with van der Waals surface area (Å²) in [6, 6.07) is 12.7. The van der Waals surface area contributed by atoms with Gasteiger partial charge in [0.1, 0.15) is 0 Å². The zero-order valence-corrected chi connectivity index (χ0v) is 14.5. The Labute approximate surface area is 142 Å². The fourth-order valence-corrected chi connectivity index (χ4v) is 2.81. The molecule has 0 saturated carbocycles. The largest absolute Gasteiger partial charge is 0.370 e. The normalized spacial score (nSPS) is 11.9. The second-order valence-electron chi connectivity index (χ2n) is 6.30. The minimum absolute atomic E-state index is 0.453. The van der Waals surface area contributed by atoms with E-state index in [1.54, 1.807) is 0 Å². The fraction of sp³-hybridized carbons (Fsp3) is 0.250. The van der Waals surface area contributed by atoms with Crippen molar-refractivity contribution in [3.63, 3.8) is 0 Å². The van der Waals surface area contributed by atoms with Crippen molar-refractivity contribution in [2.24, 2.45) is 10.7 Å². The van der Waals surface area contributed by atoms with Gasteiger partial charge >= 0.3 is 0 Å². The first kappa shape index (κ1) is 16.1. The Bertz CT molecular complexity index is 890. The highest BCUT2D eigenvalue weighted by atomic mass is 15.1. The number of nitrogens with zero attached hydrogens (tertiary/aromatic N) is 1. The Morgan fingerprint density at radius 2 is 1.92 bits per heavy atom. The quantitative estimate of drug-likeness (QED) is 0.501. The molecule has 4 nitrogen and oxygen atoms in total. The van der Waals surface area contributed by atoms with Gasteiger partial charge in [0.15, 0.2) is 5.96 Å². The van der Waals surface area contributed by atoms with E-state index in [1.165, 1.54) is 33.2 Å². The van der Waals surface area contributed by atoms with Crippen molar-refractivity contribution in [1.82, 2.24) is 4.98 Å². The van der Waals surface area contributed by atoms with Crippen molar-refractivity contribution in [3.8, 4) is 0 Å². The summed E-state index contributed by atoms with van der Waals surface area (Å²) < 4.78 is 0. The van der Waals surface area contributed by atoms with Gasteiger partial charge in [0.05, 0.1) is 0 Å². The molecule has 0 spiro atoms. The molecule has 0 atom stereocenters. The summed E-state index contributed by atoms with van der Waals surface area (Å²) in [6.45, 7) is 6.94. The number of benzene rings is 2. The first-order valence-electron chi connectivity index (χ1n) is 8.24. The average molecular weight is 320 g/mol. The first-order valence-corrected chi connectivity index (χ1v) is 8.24. The molecule has 3 rings (SSSR count). The molecular weight excluding hydrogens is 296 g/mol. The number of nitrogens with two attached hydrogens (primary N) is 1. The number of aryl methyl sites for hydroxylation is 3. The number of hydrogen-bond donors (Lipinski definition) is 3. The predicted molar refractivity (Wildman–Crippen MR) is 103 cm³/mol.